The van der Waals surface area contributed by atoms with E-state index >= 15 is 0 Å². The number of aromatic nitrogens is 2. The summed E-state index contributed by atoms with van der Waals surface area (Å²) in [4.78, 5) is 15.3. The van der Waals surface area contributed by atoms with Gasteiger partial charge in [-0.2, -0.15) is 13.2 Å². The van der Waals surface area contributed by atoms with E-state index in [-0.39, 0.29) is 5.69 Å². The van der Waals surface area contributed by atoms with Gasteiger partial charge in [0.05, 0.1) is 11.8 Å². The third-order valence-corrected chi connectivity index (χ3v) is 2.85. The topological polar surface area (TPSA) is 34.4 Å². The van der Waals surface area contributed by atoms with E-state index in [1.165, 1.54) is 6.20 Å². The molecule has 0 aliphatic carbocycles. The van der Waals surface area contributed by atoms with E-state index in [1.54, 1.807) is 0 Å². The first-order chi connectivity index (χ1) is 8.62. The van der Waals surface area contributed by atoms with Crippen molar-refractivity contribution in [3.8, 4) is 0 Å². The minimum Gasteiger partial charge on any atom is -0.296 e. The molecular formula is C10H4Cl3F3N2O. The van der Waals surface area contributed by atoms with Crippen LogP contribution in [0.4, 0.5) is 13.2 Å². The molecule has 19 heavy (non-hydrogen) atoms. The normalized spacial score (nSPS) is 12.9. The fourth-order valence-electron chi connectivity index (χ4n) is 1.55. The van der Waals surface area contributed by atoms with Crippen molar-refractivity contribution in [2.75, 3.05) is 0 Å². The van der Waals surface area contributed by atoms with E-state index in [0.717, 1.165) is 22.7 Å². The second kappa shape index (κ2) is 4.54. The molecule has 9 heteroatoms. The molecule has 0 atom stereocenters. The number of halogens is 6. The van der Waals surface area contributed by atoms with E-state index in [4.69, 9.17) is 34.8 Å². The Morgan fingerprint density at radius 2 is 1.89 bits per heavy atom. The van der Waals surface area contributed by atoms with Crippen molar-refractivity contribution >= 4 is 46.2 Å². The van der Waals surface area contributed by atoms with Crippen LogP contribution < -0.4 is 0 Å². The number of nitrogens with zero attached hydrogens (tertiary/aromatic N) is 2. The van der Waals surface area contributed by atoms with E-state index in [2.05, 4.69) is 4.98 Å². The lowest BCUT2D eigenvalue weighted by molar-refractivity contribution is -0.136. The van der Waals surface area contributed by atoms with E-state index in [0.29, 0.717) is 0 Å². The Hall–Kier alpha value is -0.980. The Kier molecular flexibility index (Phi) is 3.45. The molecule has 0 saturated heterocycles. The van der Waals surface area contributed by atoms with Crippen molar-refractivity contribution in [1.82, 2.24) is 9.38 Å². The highest BCUT2D eigenvalue weighted by Gasteiger charge is 2.37. The van der Waals surface area contributed by atoms with Crippen LogP contribution in [-0.4, -0.2) is 19.0 Å². The maximum absolute atomic E-state index is 12.7. The number of carbonyl (C=O) groups is 1. The minimum atomic E-state index is -4.59. The quantitative estimate of drug-likeness (QED) is 0.586. The van der Waals surface area contributed by atoms with E-state index < -0.39 is 27.0 Å². The molecule has 0 unspecified atom stereocenters. The monoisotopic (exact) mass is 330 g/mol. The van der Waals surface area contributed by atoms with Gasteiger partial charge < -0.3 is 0 Å². The van der Waals surface area contributed by atoms with Crippen LogP contribution in [-0.2, 0) is 6.18 Å². The Bertz CT molecular complexity index is 645. The van der Waals surface area contributed by atoms with Gasteiger partial charge in [0.1, 0.15) is 11.3 Å². The van der Waals surface area contributed by atoms with Crippen molar-refractivity contribution < 1.29 is 18.0 Å². The minimum absolute atomic E-state index is 0.235. The maximum Gasteiger partial charge on any atom is 0.419 e. The van der Waals surface area contributed by atoms with Gasteiger partial charge in [-0.05, 0) is 12.1 Å². The summed E-state index contributed by atoms with van der Waals surface area (Å²) in [6.07, 6.45) is -2.41. The maximum atomic E-state index is 12.7. The molecule has 3 nitrogen and oxygen atoms in total. The molecular weight excluding hydrogens is 327 g/mol. The van der Waals surface area contributed by atoms with Crippen molar-refractivity contribution in [2.45, 2.75) is 9.97 Å². The number of hydrogen-bond acceptors (Lipinski definition) is 2. The number of alkyl halides is 6. The van der Waals surface area contributed by atoms with Crippen LogP contribution in [0.2, 0.25) is 0 Å². The van der Waals surface area contributed by atoms with Gasteiger partial charge in [-0.25, -0.2) is 4.98 Å². The van der Waals surface area contributed by atoms with Gasteiger partial charge >= 0.3 is 6.18 Å². The van der Waals surface area contributed by atoms with Crippen LogP contribution in [0.15, 0.2) is 24.5 Å². The summed E-state index contributed by atoms with van der Waals surface area (Å²) in [5.41, 5.74) is -1.63. The number of fused-ring (bicyclic) bond motifs is 1. The summed E-state index contributed by atoms with van der Waals surface area (Å²) >= 11 is 16.3. The number of pyridine rings is 1. The zero-order valence-electron chi connectivity index (χ0n) is 8.88. The predicted molar refractivity (Wildman–Crippen MR) is 64.8 cm³/mol. The Morgan fingerprint density at radius 3 is 2.42 bits per heavy atom. The number of carbonyl (C=O) groups excluding carboxylic acids is 1. The molecule has 0 saturated carbocycles. The summed E-state index contributed by atoms with van der Waals surface area (Å²) in [6, 6.07) is 1.98. The van der Waals surface area contributed by atoms with Crippen molar-refractivity contribution in [3.63, 3.8) is 0 Å². The third-order valence-electron chi connectivity index (χ3n) is 2.33. The molecule has 102 valence electrons. The molecule has 0 spiro atoms. The number of hydrogen-bond donors (Lipinski definition) is 0. The van der Waals surface area contributed by atoms with Crippen molar-refractivity contribution in [2.24, 2.45) is 0 Å². The van der Waals surface area contributed by atoms with Gasteiger partial charge in [-0.15, -0.1) is 0 Å². The summed E-state index contributed by atoms with van der Waals surface area (Å²) in [6.45, 7) is 0. The predicted octanol–water partition coefficient (Wildman–Crippen LogP) is 3.91. The molecule has 2 aromatic rings. The van der Waals surface area contributed by atoms with Crippen LogP contribution in [0.25, 0.3) is 5.65 Å². The number of Topliss-reactive ketones (excluding diaryl/α,β-unsaturated/α-hetero) is 1. The average Bonchev–Trinajstić information content (AvgIpc) is 2.68. The molecule has 2 aromatic heterocycles. The molecule has 0 aliphatic rings. The first-order valence-electron chi connectivity index (χ1n) is 4.77. The van der Waals surface area contributed by atoms with Crippen LogP contribution in [0, 0.1) is 0 Å². The molecule has 0 N–H and O–H groups in total. The summed E-state index contributed by atoms with van der Waals surface area (Å²) in [7, 11) is 0. The van der Waals surface area contributed by atoms with Crippen LogP contribution in [0.5, 0.6) is 0 Å². The van der Waals surface area contributed by atoms with Gasteiger partial charge in [0, 0.05) is 6.20 Å². The summed E-state index contributed by atoms with van der Waals surface area (Å²) in [5.74, 6) is -0.954. The summed E-state index contributed by atoms with van der Waals surface area (Å²) in [5, 5.41) is 0. The Balaban J connectivity index is 2.67. The molecule has 2 heterocycles. The zero-order valence-corrected chi connectivity index (χ0v) is 11.1. The van der Waals surface area contributed by atoms with Crippen LogP contribution in [0.3, 0.4) is 0 Å². The highest BCUT2D eigenvalue weighted by atomic mass is 35.6. The molecule has 0 amide bonds. The smallest absolute Gasteiger partial charge is 0.296 e. The van der Waals surface area contributed by atoms with Gasteiger partial charge in [0.15, 0.2) is 0 Å². The van der Waals surface area contributed by atoms with E-state index in [9.17, 15) is 18.0 Å². The standard InChI is InChI=1S/C10H4Cl3F3N2O/c11-9(12,13)7(19)6-4-17-8-5(10(14,15)16)2-1-3-18(6)8/h1-4H. The zero-order chi connectivity index (χ0) is 14.4. The van der Waals surface area contributed by atoms with E-state index in [1.807, 2.05) is 0 Å². The first-order valence-corrected chi connectivity index (χ1v) is 5.90. The van der Waals surface area contributed by atoms with Gasteiger partial charge in [0.25, 0.3) is 3.79 Å². The second-order valence-corrected chi connectivity index (χ2v) is 5.86. The lowest BCUT2D eigenvalue weighted by Crippen LogP contribution is -2.20. The number of imidazole rings is 1. The molecule has 0 bridgehead atoms. The number of ketones is 1. The SMILES string of the molecule is O=C(c1cnc2c(C(F)(F)F)cccn12)C(Cl)(Cl)Cl. The van der Waals surface area contributed by atoms with Crippen LogP contribution in [0.1, 0.15) is 16.1 Å². The lowest BCUT2D eigenvalue weighted by atomic mass is 10.2. The fraction of sp³-hybridized carbons (Fsp3) is 0.200. The largest absolute Gasteiger partial charge is 0.419 e. The third kappa shape index (κ3) is 2.66. The molecule has 0 radical (unpaired) electrons. The first kappa shape index (κ1) is 14.4. The number of rotatable bonds is 1. The van der Waals surface area contributed by atoms with Crippen LogP contribution >= 0.6 is 34.8 Å². The average molecular weight is 332 g/mol. The van der Waals surface area contributed by atoms with Gasteiger partial charge in [0.2, 0.25) is 5.78 Å². The highest BCUT2D eigenvalue weighted by molar-refractivity contribution is 6.77. The molecule has 0 fully saturated rings. The lowest BCUT2D eigenvalue weighted by Gasteiger charge is -2.10. The molecule has 2 rings (SSSR count). The second-order valence-electron chi connectivity index (χ2n) is 3.58. The molecule has 0 aromatic carbocycles. The Morgan fingerprint density at radius 1 is 1.26 bits per heavy atom. The molecule has 0 aliphatic heterocycles. The van der Waals surface area contributed by atoms with Crippen molar-refractivity contribution in [1.29, 1.82) is 0 Å². The van der Waals surface area contributed by atoms with Gasteiger partial charge in [-0.1, -0.05) is 34.8 Å². The highest BCUT2D eigenvalue weighted by Crippen LogP contribution is 2.34. The van der Waals surface area contributed by atoms with Gasteiger partial charge in [-0.3, -0.25) is 9.20 Å². The Labute approximate surface area is 119 Å². The fourth-order valence-corrected chi connectivity index (χ4v) is 1.84. The summed E-state index contributed by atoms with van der Waals surface area (Å²) < 4.78 is 36.9. The van der Waals surface area contributed by atoms with Crippen molar-refractivity contribution in [3.05, 3.63) is 35.8 Å².